The molecular weight excluding hydrogens is 152 g/mol. The number of hydrogen-bond donors (Lipinski definition) is 0. The van der Waals surface area contributed by atoms with Gasteiger partial charge in [-0.3, -0.25) is 0 Å². The van der Waals surface area contributed by atoms with Crippen LogP contribution in [0, 0.1) is 0 Å². The van der Waals surface area contributed by atoms with E-state index in [1.54, 1.807) is 13.1 Å². The number of benzene rings is 1. The Balaban J connectivity index is 2.88. The number of ether oxygens (including phenoxy) is 1. The molecule has 0 bridgehead atoms. The minimum absolute atomic E-state index is 0.577. The lowest BCUT2D eigenvalue weighted by Gasteiger charge is -2.03. The van der Waals surface area contributed by atoms with Gasteiger partial charge in [0.05, 0.1) is 7.11 Å². The fraction of sp³-hybridized carbons (Fsp3) is 0.200. The first kappa shape index (κ1) is 8.57. The monoisotopic (exact) mass is 162 g/mol. The maximum Gasteiger partial charge on any atom is 0.122 e. The smallest absolute Gasteiger partial charge is 0.122 e. The normalized spacial score (nSPS) is 8.75. The van der Waals surface area contributed by atoms with Crippen molar-refractivity contribution < 1.29 is 9.53 Å². The number of rotatable bonds is 3. The van der Waals surface area contributed by atoms with Crippen LogP contribution < -0.4 is 4.74 Å². The summed E-state index contributed by atoms with van der Waals surface area (Å²) < 4.78 is 5.09. The van der Waals surface area contributed by atoms with Gasteiger partial charge >= 0.3 is 0 Å². The zero-order valence-electron chi connectivity index (χ0n) is 6.91. The first-order valence-electron chi connectivity index (χ1n) is 3.69. The minimum Gasteiger partial charge on any atom is -0.496 e. The summed E-state index contributed by atoms with van der Waals surface area (Å²) in [6.45, 7) is 0. The van der Waals surface area contributed by atoms with E-state index in [0.717, 1.165) is 11.3 Å². The molecule has 0 N–H and O–H groups in total. The molecule has 0 aliphatic carbocycles. The van der Waals surface area contributed by atoms with E-state index in [1.165, 1.54) is 6.08 Å². The molecular formula is C10H10O2. The van der Waals surface area contributed by atoms with Crippen molar-refractivity contribution in [2.75, 3.05) is 7.11 Å². The van der Waals surface area contributed by atoms with Crippen LogP contribution in [0.5, 0.6) is 5.75 Å². The van der Waals surface area contributed by atoms with Crippen molar-refractivity contribution in [3.8, 4) is 5.75 Å². The molecule has 0 saturated carbocycles. The van der Waals surface area contributed by atoms with E-state index in [0.29, 0.717) is 6.42 Å². The van der Waals surface area contributed by atoms with Gasteiger partial charge in [-0.1, -0.05) is 18.2 Å². The molecule has 2 heteroatoms. The summed E-state index contributed by atoms with van der Waals surface area (Å²) in [5.41, 5.74) is 1.00. The van der Waals surface area contributed by atoms with Crippen LogP contribution in [0.4, 0.5) is 0 Å². The third-order valence-corrected chi connectivity index (χ3v) is 1.60. The Morgan fingerprint density at radius 2 is 2.25 bits per heavy atom. The van der Waals surface area contributed by atoms with Crippen LogP contribution >= 0.6 is 0 Å². The second-order valence-electron chi connectivity index (χ2n) is 2.34. The van der Waals surface area contributed by atoms with Crippen LogP contribution in [-0.4, -0.2) is 13.1 Å². The van der Waals surface area contributed by atoms with Crippen LogP contribution in [0.25, 0.3) is 0 Å². The summed E-state index contributed by atoms with van der Waals surface area (Å²) in [6.07, 6.45) is 2.02. The van der Waals surface area contributed by atoms with Gasteiger partial charge in [0.1, 0.15) is 11.7 Å². The largest absolute Gasteiger partial charge is 0.496 e. The van der Waals surface area contributed by atoms with E-state index in [-0.39, 0.29) is 0 Å². The van der Waals surface area contributed by atoms with Gasteiger partial charge in [0.2, 0.25) is 0 Å². The fourth-order valence-electron chi connectivity index (χ4n) is 1.02. The lowest BCUT2D eigenvalue weighted by Crippen LogP contribution is -1.89. The number of para-hydroxylation sites is 1. The Kier molecular flexibility index (Phi) is 3.12. The lowest BCUT2D eigenvalue weighted by molar-refractivity contribution is 0.410. The van der Waals surface area contributed by atoms with Crippen LogP contribution in [0.1, 0.15) is 5.56 Å². The molecule has 0 aliphatic heterocycles. The van der Waals surface area contributed by atoms with Gasteiger partial charge in [0.25, 0.3) is 0 Å². The van der Waals surface area contributed by atoms with Crippen molar-refractivity contribution in [3.05, 3.63) is 35.9 Å². The van der Waals surface area contributed by atoms with E-state index in [2.05, 4.69) is 0 Å². The highest BCUT2D eigenvalue weighted by Gasteiger charge is 1.97. The molecule has 0 radical (unpaired) electrons. The molecule has 12 heavy (non-hydrogen) atoms. The van der Waals surface area contributed by atoms with E-state index in [4.69, 9.17) is 4.74 Å². The first-order chi connectivity index (χ1) is 5.88. The summed E-state index contributed by atoms with van der Waals surface area (Å²) in [5.74, 6) is 2.55. The second kappa shape index (κ2) is 4.37. The highest BCUT2D eigenvalue weighted by Crippen LogP contribution is 2.17. The van der Waals surface area contributed by atoms with Crippen molar-refractivity contribution in [1.82, 2.24) is 0 Å². The number of carbonyl (C=O) groups excluding carboxylic acids is 1. The van der Waals surface area contributed by atoms with Crippen molar-refractivity contribution in [2.45, 2.75) is 6.42 Å². The Labute approximate surface area is 71.5 Å². The molecule has 0 fully saturated rings. The standard InChI is InChI=1S/C10H10O2/c1-12-10-7-3-2-5-9(10)6-4-8-11/h2-5,7H,6H2,1H3. The molecule has 0 amide bonds. The van der Waals surface area contributed by atoms with Gasteiger partial charge in [-0.2, -0.15) is 0 Å². The topological polar surface area (TPSA) is 26.3 Å². The molecule has 0 atom stereocenters. The van der Waals surface area contributed by atoms with E-state index < -0.39 is 0 Å². The first-order valence-corrected chi connectivity index (χ1v) is 3.69. The van der Waals surface area contributed by atoms with Gasteiger partial charge < -0.3 is 4.74 Å². The minimum atomic E-state index is 0.577. The van der Waals surface area contributed by atoms with E-state index >= 15 is 0 Å². The highest BCUT2D eigenvalue weighted by molar-refractivity contribution is 5.47. The predicted octanol–water partition coefficient (Wildman–Crippen LogP) is 1.63. The molecule has 62 valence electrons. The molecule has 0 saturated heterocycles. The van der Waals surface area contributed by atoms with Gasteiger partial charge in [-0.15, -0.1) is 0 Å². The Morgan fingerprint density at radius 1 is 1.50 bits per heavy atom. The zero-order valence-corrected chi connectivity index (χ0v) is 6.91. The average Bonchev–Trinajstić information content (AvgIpc) is 2.15. The predicted molar refractivity (Wildman–Crippen MR) is 47.0 cm³/mol. The molecule has 1 aromatic rings. The number of methoxy groups -OCH3 is 1. The van der Waals surface area contributed by atoms with Crippen molar-refractivity contribution >= 4 is 5.94 Å². The lowest BCUT2D eigenvalue weighted by atomic mass is 10.1. The Bertz CT molecular complexity index is 298. The van der Waals surface area contributed by atoms with Crippen molar-refractivity contribution in [1.29, 1.82) is 0 Å². The molecule has 2 nitrogen and oxygen atoms in total. The van der Waals surface area contributed by atoms with Gasteiger partial charge in [-0.25, -0.2) is 4.79 Å². The fourth-order valence-corrected chi connectivity index (χ4v) is 1.02. The van der Waals surface area contributed by atoms with E-state index in [9.17, 15) is 4.79 Å². The number of hydrogen-bond acceptors (Lipinski definition) is 2. The molecule has 0 heterocycles. The van der Waals surface area contributed by atoms with Crippen LogP contribution in [0.2, 0.25) is 0 Å². The molecule has 0 aliphatic rings. The molecule has 0 unspecified atom stereocenters. The zero-order chi connectivity index (χ0) is 8.81. The summed E-state index contributed by atoms with van der Waals surface area (Å²) in [4.78, 5) is 9.96. The summed E-state index contributed by atoms with van der Waals surface area (Å²) in [5, 5.41) is 0. The van der Waals surface area contributed by atoms with Crippen LogP contribution in [-0.2, 0) is 11.2 Å². The van der Waals surface area contributed by atoms with Gasteiger partial charge in [0, 0.05) is 12.5 Å². The molecule has 0 aromatic heterocycles. The maximum atomic E-state index is 9.96. The third-order valence-electron chi connectivity index (χ3n) is 1.60. The SMILES string of the molecule is COc1ccccc1CC=C=O. The van der Waals surface area contributed by atoms with Crippen molar-refractivity contribution in [2.24, 2.45) is 0 Å². The Morgan fingerprint density at radius 3 is 2.92 bits per heavy atom. The summed E-state index contributed by atoms with van der Waals surface area (Å²) in [6, 6.07) is 7.60. The molecule has 1 aromatic carbocycles. The summed E-state index contributed by atoms with van der Waals surface area (Å²) in [7, 11) is 1.61. The highest BCUT2D eigenvalue weighted by atomic mass is 16.5. The van der Waals surface area contributed by atoms with Crippen LogP contribution in [0.3, 0.4) is 0 Å². The van der Waals surface area contributed by atoms with Crippen LogP contribution in [0.15, 0.2) is 30.3 Å². The maximum absolute atomic E-state index is 9.96. The van der Waals surface area contributed by atoms with Gasteiger partial charge in [0.15, 0.2) is 0 Å². The number of allylic oxidation sites excluding steroid dienone is 1. The third kappa shape index (κ3) is 1.97. The molecule has 0 spiro atoms. The van der Waals surface area contributed by atoms with Crippen molar-refractivity contribution in [3.63, 3.8) is 0 Å². The second-order valence-corrected chi connectivity index (χ2v) is 2.34. The quantitative estimate of drug-likeness (QED) is 0.631. The van der Waals surface area contributed by atoms with Gasteiger partial charge in [-0.05, 0) is 11.6 Å². The Hall–Kier alpha value is -1.53. The average molecular weight is 162 g/mol. The summed E-state index contributed by atoms with van der Waals surface area (Å²) >= 11 is 0. The molecule has 1 rings (SSSR count). The van der Waals surface area contributed by atoms with E-state index in [1.807, 2.05) is 24.3 Å².